The third-order valence-electron chi connectivity index (χ3n) is 20.5. The van der Waals surface area contributed by atoms with Crippen molar-refractivity contribution in [2.45, 2.75) is 199 Å². The number of ketones is 2. The Balaban J connectivity index is 0.966. The summed E-state index contributed by atoms with van der Waals surface area (Å²) in [6, 6.07) is 15.6. The quantitative estimate of drug-likeness (QED) is 0.0197. The Morgan fingerprint density at radius 3 is 1.81 bits per heavy atom. The molecule has 623 valence electrons. The summed E-state index contributed by atoms with van der Waals surface area (Å²) in [5, 5.41) is 34.9. The largest absolute Gasteiger partial charge is 0.481 e. The van der Waals surface area contributed by atoms with Gasteiger partial charge in [-0.25, -0.2) is 17.9 Å². The van der Waals surface area contributed by atoms with Gasteiger partial charge in [0.2, 0.25) is 21.8 Å². The van der Waals surface area contributed by atoms with Crippen molar-refractivity contribution in [1.29, 1.82) is 0 Å². The van der Waals surface area contributed by atoms with Crippen LogP contribution in [0.3, 0.4) is 0 Å². The number of aliphatic carboxylic acids is 2. The van der Waals surface area contributed by atoms with E-state index in [4.69, 9.17) is 20.3 Å². The Morgan fingerprint density at radius 1 is 0.593 bits per heavy atom. The number of amides is 5. The predicted octanol–water partition coefficient (Wildman–Crippen LogP) is 5.60. The molecule has 1 radical (unpaired) electrons. The molecule has 8 N–H and O–H groups in total. The molecule has 0 saturated carbocycles. The van der Waals surface area contributed by atoms with E-state index in [1.807, 2.05) is 56.9 Å². The van der Waals surface area contributed by atoms with Crippen molar-refractivity contribution in [3.8, 4) is 11.5 Å². The van der Waals surface area contributed by atoms with E-state index in [-0.39, 0.29) is 130 Å². The van der Waals surface area contributed by atoms with Crippen LogP contribution in [0.1, 0.15) is 192 Å². The zero-order chi connectivity index (χ0) is 82.1. The number of rotatable bonds is 49. The van der Waals surface area contributed by atoms with Crippen molar-refractivity contribution >= 4 is 117 Å². The number of nitrogens with one attached hydrogen (secondary N) is 6. The van der Waals surface area contributed by atoms with E-state index in [2.05, 4.69) is 68.8 Å². The molecule has 3 aliphatic heterocycles. The van der Waals surface area contributed by atoms with Gasteiger partial charge in [-0.3, -0.25) is 28.8 Å². The molecule has 2 saturated heterocycles. The molecule has 2 bridgehead atoms. The summed E-state index contributed by atoms with van der Waals surface area (Å²) in [7, 11) is -2.62. The van der Waals surface area contributed by atoms with E-state index < -0.39 is 75.6 Å². The molecular weight excluding hydrogens is 1580 g/mol. The number of fused-ring (bicyclic) bond motifs is 5. The Kier molecular flexibility index (Phi) is 42.4. The van der Waals surface area contributed by atoms with Crippen molar-refractivity contribution in [1.82, 2.24) is 50.9 Å². The third-order valence-corrected chi connectivity index (χ3v) is 24.0. The van der Waals surface area contributed by atoms with Crippen LogP contribution in [-0.2, 0) is 68.4 Å². The minimum absolute atomic E-state index is 0.000317. The molecule has 3 aromatic rings. The number of benzene rings is 3. The molecule has 5 atom stereocenters. The van der Waals surface area contributed by atoms with Crippen LogP contribution < -0.4 is 51.4 Å². The number of carboxylic acids is 2. The molecule has 0 aromatic heterocycles. The molecule has 113 heavy (non-hydrogen) atoms. The molecule has 0 spiro atoms. The maximum absolute atomic E-state index is 14.1. The summed E-state index contributed by atoms with van der Waals surface area (Å²) in [6.07, 6.45) is 10.1. The van der Waals surface area contributed by atoms with E-state index in [9.17, 15) is 66.3 Å². The van der Waals surface area contributed by atoms with Crippen LogP contribution in [0.15, 0.2) is 59.5 Å². The Morgan fingerprint density at radius 2 is 1.16 bits per heavy atom. The average molecular weight is 1700 g/mol. The summed E-state index contributed by atoms with van der Waals surface area (Å²) < 4.78 is 52.4. The molecule has 2 fully saturated rings. The van der Waals surface area contributed by atoms with Gasteiger partial charge < -0.3 is 41.1 Å². The van der Waals surface area contributed by atoms with Crippen LogP contribution in [0, 0.1) is 12.8 Å². The number of carboxylic acid groups (broad SMARTS) is 2. The summed E-state index contributed by atoms with van der Waals surface area (Å²) in [4.78, 5) is 150. The van der Waals surface area contributed by atoms with Gasteiger partial charge in [-0.1, -0.05) is 56.9 Å². The number of hydrogen-bond acceptors (Lipinski definition) is 22. The van der Waals surface area contributed by atoms with Gasteiger partial charge >= 0.3 is 219 Å². The fourth-order valence-corrected chi connectivity index (χ4v) is 16.2. The number of carbonyl (C=O) groups excluding carboxylic acids is 9. The van der Waals surface area contributed by atoms with Gasteiger partial charge in [0.15, 0.2) is 5.78 Å². The Labute approximate surface area is 678 Å². The van der Waals surface area contributed by atoms with Crippen molar-refractivity contribution in [3.05, 3.63) is 81.7 Å². The summed E-state index contributed by atoms with van der Waals surface area (Å²) >= 11 is -2.39. The molecule has 3 heterocycles. The minimum atomic E-state index is -3.93. The zero-order valence-electron chi connectivity index (χ0n) is 66.9. The second-order valence-electron chi connectivity index (χ2n) is 29.5. The van der Waals surface area contributed by atoms with Crippen LogP contribution in [0.2, 0.25) is 0 Å². The number of esters is 1. The molecule has 3 aromatic carbocycles. The first kappa shape index (κ1) is 93.8. The van der Waals surface area contributed by atoms with Gasteiger partial charge in [0.25, 0.3) is 0 Å². The summed E-state index contributed by atoms with van der Waals surface area (Å²) in [5.74, 6) is -3.88. The van der Waals surface area contributed by atoms with Crippen LogP contribution >= 0.6 is 0 Å². The van der Waals surface area contributed by atoms with Gasteiger partial charge in [0.1, 0.15) is 17.3 Å². The number of urea groups is 1. The number of ether oxygens (including phenoxy) is 2. The fraction of sp³-hybridized carbons (Fsp3) is 0.617. The first-order chi connectivity index (χ1) is 54.2. The molecule has 30 nitrogen and oxygen atoms in total. The Hall–Kier alpha value is -8.01. The second-order valence-corrected chi connectivity index (χ2v) is 33.1. The number of anilines is 1. The van der Waals surface area contributed by atoms with Crippen LogP contribution in [-0.4, -0.2) is 264 Å². The first-order valence-corrected chi connectivity index (χ1v) is 44.5. The maximum Gasteiger partial charge on any atom is 0.314 e. The number of Topliss-reactive ketones (excluding diaryl/α,β-unsaturated/α-hetero) is 2. The maximum atomic E-state index is 14.1. The van der Waals surface area contributed by atoms with E-state index in [0.717, 1.165) is 77.2 Å². The second kappa shape index (κ2) is 51.1. The van der Waals surface area contributed by atoms with E-state index in [1.165, 1.54) is 7.11 Å². The number of nitrogens with zero attached hydrogens (tertiary/aromatic N) is 5. The predicted molar refractivity (Wildman–Crippen MR) is 429 cm³/mol. The van der Waals surface area contributed by atoms with E-state index >= 15 is 0 Å². The standard InChI is InChI=1S/C81H123N11O19S.In/c1-7-92(8-2)62-32-35-67-71(53-62)111-70-50-58(3)30-34-66(70)79(67)65-36-33-64(51-59(65)4)112(108,109)85-41-22-12-18-29-73(96)87-68(26-19-23-39-83-74(97)54-88-42-44-89(55-76(100)101)45-46-90(56-77(102)103)47-49-91(48-43-88)57-78(104)110-6)69(94)27-16-11-14-24-61(80(105)106)52-63(93)25-15-9-10-17-28-72(95)82-38-20-13-21-40-84-81(107)86-60(5)31-37-75(98)99;/h30,32-36,50-51,53,60-61,68,85H,3,7-29,31,37-49,52,54-57H2,1-2,4-6H3,(H,82,95)(H,83,97)(H,87,96)(H,98,99)(H,100,101)(H,102,103)(H,105,106)(H2,84,86,107);/q;+2/p-2/t60-,61?,68?;/m1./s1. The average Bonchev–Trinajstić information content (AvgIpc) is 0.763. The van der Waals surface area contributed by atoms with Crippen molar-refractivity contribution in [2.24, 2.45) is 5.92 Å². The molecule has 4 unspecified atom stereocenters. The van der Waals surface area contributed by atoms with Crippen LogP contribution in [0.25, 0.3) is 12.2 Å². The molecule has 3 aliphatic rings. The molecule has 0 aliphatic carbocycles. The number of aryl methyl sites for hydroxylation is 1. The number of hydrogen-bond donors (Lipinski definition) is 8. The van der Waals surface area contributed by atoms with Crippen molar-refractivity contribution < 1.29 is 86.6 Å². The van der Waals surface area contributed by atoms with Crippen LogP contribution in [0.4, 0.5) is 10.5 Å². The smallest absolute Gasteiger partial charge is 0.314 e. The number of sulfonamides is 1. The van der Waals surface area contributed by atoms with Gasteiger partial charge in [-0.2, -0.15) is 0 Å². The summed E-state index contributed by atoms with van der Waals surface area (Å²) in [5.41, 5.74) is 4.46. The molecule has 32 heteroatoms. The molecule has 5 amide bonds. The number of unbranched alkanes of at least 4 members (excludes halogenated alkanes) is 10. The first-order valence-electron chi connectivity index (χ1n) is 40.3. The summed E-state index contributed by atoms with van der Waals surface area (Å²) in [6.45, 7) is 18.3. The molecular formula is C81H121InN11O19S. The van der Waals surface area contributed by atoms with Gasteiger partial charge in [-0.15, -0.1) is 0 Å². The van der Waals surface area contributed by atoms with E-state index in [0.29, 0.717) is 160 Å². The Bertz CT molecular complexity index is 3880. The SMILES string of the molecule is C=c1ccc2c(c1)Oc1cc(N(CC)CC)ccc1C=2c1ccc(S(=O)(=O)NCCCCCC(=O)NC(CCCCNC(=O)CN2CCN(CC(=O)OC)CCN3CCN(CC2)CC(=O)[O][In][O]C(=O)C3)C(=O)CCCCCC(CC(=O)CCCCCCC(=O)NCCCCCNC(=O)N[C@H](C)CCC(=O)O)C(=O)O)cc1C. The third kappa shape index (κ3) is 35.3. The number of carbonyl (C=O) groups is 11. The van der Waals surface area contributed by atoms with Crippen LogP contribution in [0.5, 0.6) is 11.5 Å². The normalized spacial score (nSPS) is 16.4. The number of methoxy groups -OCH3 is 1. The van der Waals surface area contributed by atoms with Gasteiger partial charge in [0.05, 0.1) is 16.9 Å². The van der Waals surface area contributed by atoms with Gasteiger partial charge in [0, 0.05) is 105 Å². The molecule has 6 rings (SSSR count). The van der Waals surface area contributed by atoms with Gasteiger partial charge in [-0.05, 0) is 151 Å². The van der Waals surface area contributed by atoms with E-state index in [1.54, 1.807) is 19.1 Å². The van der Waals surface area contributed by atoms with Crippen molar-refractivity contribution in [3.63, 3.8) is 0 Å². The minimum Gasteiger partial charge on any atom is -0.481 e. The van der Waals surface area contributed by atoms with Crippen molar-refractivity contribution in [2.75, 3.05) is 130 Å². The monoisotopic (exact) mass is 1700 g/mol. The fourth-order valence-electron chi connectivity index (χ4n) is 13.9. The zero-order valence-corrected chi connectivity index (χ0v) is 71.0. The topological polar surface area (TPSA) is 388 Å².